The zero-order chi connectivity index (χ0) is 32.0. The molecule has 45 heavy (non-hydrogen) atoms. The molecule has 2 saturated heterocycles. The van der Waals surface area contributed by atoms with Gasteiger partial charge in [0.1, 0.15) is 36.1 Å². The summed E-state index contributed by atoms with van der Waals surface area (Å²) >= 11 is 0. The molecule has 0 spiro atoms. The first-order chi connectivity index (χ1) is 20.7. The minimum absolute atomic E-state index is 0. The van der Waals surface area contributed by atoms with Crippen LogP contribution >= 0.6 is 15.6 Å². The SMILES string of the molecule is NC(=O)c1ccc[n+](C2OC(COP(=O)([O-])OP(=O)(O)OCC3OC(n4cnc5c(=O)[nH]cnc54)C(O)C3O)C(O)C2O)c1.[Na]. The van der Waals surface area contributed by atoms with Gasteiger partial charge in [-0.15, -0.1) is 0 Å². The summed E-state index contributed by atoms with van der Waals surface area (Å²) < 4.78 is 51.3. The molecule has 0 aliphatic carbocycles. The molecule has 0 aromatic carbocycles. The number of imidazole rings is 1. The molecular weight excluding hydrogens is 661 g/mol. The van der Waals surface area contributed by atoms with Gasteiger partial charge in [0.15, 0.2) is 35.9 Å². The van der Waals surface area contributed by atoms with Crippen LogP contribution in [-0.4, -0.2) is 130 Å². The Bertz CT molecular complexity index is 1690. The Morgan fingerprint density at radius 2 is 1.76 bits per heavy atom. The van der Waals surface area contributed by atoms with Crippen molar-refractivity contribution in [3.05, 3.63) is 53.1 Å². The third-order valence-corrected chi connectivity index (χ3v) is 9.28. The van der Waals surface area contributed by atoms with E-state index in [1.165, 1.54) is 29.1 Å². The van der Waals surface area contributed by atoms with Crippen LogP contribution in [0.5, 0.6) is 0 Å². The molecule has 5 heterocycles. The van der Waals surface area contributed by atoms with Crippen molar-refractivity contribution in [3.8, 4) is 0 Å². The summed E-state index contributed by atoms with van der Waals surface area (Å²) in [6, 6.07) is 2.81. The molecule has 8 N–H and O–H groups in total. The molecular formula is C21H26N6NaO15P2. The number of nitrogens with two attached hydrogens (primary N) is 1. The Hall–Kier alpha value is -2.01. The van der Waals surface area contributed by atoms with Gasteiger partial charge < -0.3 is 54.9 Å². The average molecular weight is 687 g/mol. The van der Waals surface area contributed by atoms with Crippen LogP contribution in [-0.2, 0) is 32.0 Å². The van der Waals surface area contributed by atoms with Crippen LogP contribution in [0.1, 0.15) is 22.8 Å². The number of rotatable bonds is 11. The molecule has 3 aromatic heterocycles. The number of nitrogens with one attached hydrogen (secondary N) is 1. The molecule has 10 unspecified atom stereocenters. The summed E-state index contributed by atoms with van der Waals surface area (Å²) in [6.45, 7) is -1.93. The van der Waals surface area contributed by atoms with Crippen molar-refractivity contribution in [2.24, 2.45) is 5.73 Å². The number of carbonyl (C=O) groups excluding carboxylic acids is 1. The van der Waals surface area contributed by atoms with Crippen LogP contribution in [0, 0.1) is 0 Å². The zero-order valence-electron chi connectivity index (χ0n) is 23.1. The quantitative estimate of drug-likeness (QED) is 0.0569. The molecule has 241 valence electrons. The number of aliphatic hydroxyl groups excluding tert-OH is 4. The van der Waals surface area contributed by atoms with Crippen LogP contribution in [0.3, 0.4) is 0 Å². The molecule has 24 heteroatoms. The third kappa shape index (κ3) is 7.77. The topological polar surface area (TPSA) is 315 Å². The largest absolute Gasteiger partial charge is 0.756 e. The van der Waals surface area contributed by atoms with E-state index in [0.29, 0.717) is 0 Å². The number of H-pyrrole nitrogens is 1. The van der Waals surface area contributed by atoms with Crippen molar-refractivity contribution < 1.29 is 71.5 Å². The van der Waals surface area contributed by atoms with E-state index in [4.69, 9.17) is 15.2 Å². The molecule has 2 fully saturated rings. The van der Waals surface area contributed by atoms with E-state index < -0.39 is 89.4 Å². The number of hydrogen-bond donors (Lipinski definition) is 7. The van der Waals surface area contributed by atoms with E-state index in [1.54, 1.807) is 0 Å². The van der Waals surface area contributed by atoms with Gasteiger partial charge in [0.2, 0.25) is 0 Å². The summed E-state index contributed by atoms with van der Waals surface area (Å²) in [7, 11) is -11.1. The maximum absolute atomic E-state index is 12.4. The fourth-order valence-electron chi connectivity index (χ4n) is 4.56. The first-order valence-electron chi connectivity index (χ1n) is 12.6. The number of nitrogens with zero attached hydrogens (tertiary/aromatic N) is 4. The minimum atomic E-state index is -5.63. The molecule has 0 saturated carbocycles. The van der Waals surface area contributed by atoms with Crippen molar-refractivity contribution in [2.75, 3.05) is 13.2 Å². The van der Waals surface area contributed by atoms with E-state index in [-0.39, 0.29) is 46.3 Å². The normalized spacial score (nSPS) is 30.9. The number of hydrogen-bond acceptors (Lipinski definition) is 16. The number of phosphoric acid groups is 2. The van der Waals surface area contributed by atoms with E-state index in [2.05, 4.69) is 28.3 Å². The van der Waals surface area contributed by atoms with E-state index in [0.717, 1.165) is 17.2 Å². The fraction of sp³-hybridized carbons (Fsp3) is 0.476. The molecule has 1 amide bonds. The number of phosphoric ester groups is 2. The van der Waals surface area contributed by atoms with Crippen LogP contribution in [0.4, 0.5) is 0 Å². The van der Waals surface area contributed by atoms with Gasteiger partial charge in [-0.25, -0.2) is 18.8 Å². The van der Waals surface area contributed by atoms with E-state index in [9.17, 15) is 48.9 Å². The monoisotopic (exact) mass is 687 g/mol. The van der Waals surface area contributed by atoms with E-state index >= 15 is 0 Å². The van der Waals surface area contributed by atoms with Crippen molar-refractivity contribution in [1.82, 2.24) is 19.5 Å². The van der Waals surface area contributed by atoms with Gasteiger partial charge in [-0.05, 0) is 6.07 Å². The predicted octanol–water partition coefficient (Wildman–Crippen LogP) is -4.32. The maximum atomic E-state index is 12.4. The predicted molar refractivity (Wildman–Crippen MR) is 141 cm³/mol. The number of aromatic nitrogens is 5. The molecule has 10 atom stereocenters. The van der Waals surface area contributed by atoms with Crippen molar-refractivity contribution in [3.63, 3.8) is 0 Å². The minimum Gasteiger partial charge on any atom is -0.756 e. The molecule has 0 bridgehead atoms. The standard InChI is InChI=1S/C21H26N6O15P2.Na/c22-17(32)9-2-1-3-26(4-9)20-15(30)13(28)10(40-20)5-38-43(34,35)42-44(36,37)39-6-11-14(29)16(31)21(41-11)27-8-25-12-18(27)23-7-24-19(12)33;/h1-4,7-8,10-11,13-16,20-21,28-31H,5-6H2,(H4-,22,23,24,32,33,34,35,36,37);. The number of amides is 1. The number of ether oxygens (including phenoxy) is 2. The van der Waals surface area contributed by atoms with Crippen LogP contribution in [0.15, 0.2) is 42.0 Å². The fourth-order valence-corrected chi connectivity index (χ4v) is 6.61. The summed E-state index contributed by atoms with van der Waals surface area (Å²) in [5.41, 5.74) is 4.61. The summed E-state index contributed by atoms with van der Waals surface area (Å²) in [4.78, 5) is 55.7. The van der Waals surface area contributed by atoms with Gasteiger partial charge in [0.05, 0.1) is 25.9 Å². The second-order valence-electron chi connectivity index (χ2n) is 9.64. The Kier molecular flexibility index (Phi) is 11.1. The summed E-state index contributed by atoms with van der Waals surface area (Å²) in [5, 5.41) is 41.5. The van der Waals surface area contributed by atoms with Crippen molar-refractivity contribution in [1.29, 1.82) is 0 Å². The van der Waals surface area contributed by atoms with Gasteiger partial charge in [-0.1, -0.05) is 0 Å². The van der Waals surface area contributed by atoms with Gasteiger partial charge in [-0.2, -0.15) is 4.57 Å². The Morgan fingerprint density at radius 3 is 2.47 bits per heavy atom. The van der Waals surface area contributed by atoms with E-state index in [1.807, 2.05) is 0 Å². The number of pyridine rings is 1. The molecule has 2 aliphatic heterocycles. The summed E-state index contributed by atoms with van der Waals surface area (Å²) in [5.74, 6) is -0.778. The second kappa shape index (κ2) is 14.0. The van der Waals surface area contributed by atoms with Crippen LogP contribution in [0.25, 0.3) is 11.2 Å². The van der Waals surface area contributed by atoms with Crippen LogP contribution in [0.2, 0.25) is 0 Å². The second-order valence-corrected chi connectivity index (χ2v) is 12.6. The summed E-state index contributed by atoms with van der Waals surface area (Å²) in [6.07, 6.45) is -7.46. The smallest absolute Gasteiger partial charge is 0.478 e. The first-order valence-corrected chi connectivity index (χ1v) is 15.5. The molecule has 5 rings (SSSR count). The van der Waals surface area contributed by atoms with Crippen molar-refractivity contribution >= 4 is 62.3 Å². The molecule has 3 aromatic rings. The Morgan fingerprint density at radius 1 is 1.09 bits per heavy atom. The van der Waals surface area contributed by atoms with Gasteiger partial charge in [0.25, 0.3) is 25.5 Å². The first kappa shape index (κ1) is 35.8. The maximum Gasteiger partial charge on any atom is 0.478 e. The number of fused-ring (bicyclic) bond motifs is 1. The number of carbonyl (C=O) groups is 1. The number of aliphatic hydroxyl groups is 4. The number of primary amides is 1. The molecule has 1 radical (unpaired) electrons. The van der Waals surface area contributed by atoms with Crippen molar-refractivity contribution in [2.45, 2.75) is 49.1 Å². The molecule has 2 aliphatic rings. The number of aromatic amines is 1. The van der Waals surface area contributed by atoms with Gasteiger partial charge in [0, 0.05) is 35.6 Å². The third-order valence-electron chi connectivity index (χ3n) is 6.72. The van der Waals surface area contributed by atoms with Crippen LogP contribution < -0.4 is 20.8 Å². The molecule has 21 nitrogen and oxygen atoms in total. The average Bonchev–Trinajstić information content (AvgIpc) is 3.61. The zero-order valence-corrected chi connectivity index (χ0v) is 26.9. The van der Waals surface area contributed by atoms with Gasteiger partial charge >= 0.3 is 7.82 Å². The Balaban J connectivity index is 0.00000461. The van der Waals surface area contributed by atoms with Gasteiger partial charge in [-0.3, -0.25) is 23.2 Å². The Labute approximate surface area is 273 Å².